The maximum Gasteiger partial charge on any atom is 0.272 e. The molecule has 0 aliphatic carbocycles. The number of hydrazone groups is 1. The number of halogens is 1. The Kier molecular flexibility index (Phi) is 6.30. The Morgan fingerprint density at radius 2 is 2.04 bits per heavy atom. The van der Waals surface area contributed by atoms with E-state index in [0.717, 1.165) is 11.1 Å². The predicted octanol–water partition coefficient (Wildman–Crippen LogP) is 3.57. The van der Waals surface area contributed by atoms with Gasteiger partial charge in [-0.05, 0) is 60.2 Å². The quantitative estimate of drug-likeness (QED) is 0.503. The molecule has 7 heteroatoms. The number of nitrogens with zero attached hydrogens (tertiary/aromatic N) is 2. The topological polar surface area (TPSA) is 72.8 Å². The molecule has 3 aromatic rings. The highest BCUT2D eigenvalue weighted by Gasteiger charge is 2.06. The Hall–Kier alpha value is -3.74. The first-order valence-corrected chi connectivity index (χ1v) is 8.44. The van der Waals surface area contributed by atoms with Crippen molar-refractivity contribution in [3.63, 3.8) is 0 Å². The largest absolute Gasteiger partial charge is 0.496 e. The molecule has 142 valence electrons. The van der Waals surface area contributed by atoms with E-state index in [-0.39, 0.29) is 18.3 Å². The molecular formula is C21H18FN3O3. The molecule has 2 aromatic carbocycles. The molecular weight excluding hydrogens is 361 g/mol. The van der Waals surface area contributed by atoms with E-state index >= 15 is 0 Å². The molecule has 0 radical (unpaired) electrons. The van der Waals surface area contributed by atoms with E-state index in [0.29, 0.717) is 17.1 Å². The van der Waals surface area contributed by atoms with E-state index in [1.54, 1.807) is 49.7 Å². The number of rotatable bonds is 7. The van der Waals surface area contributed by atoms with Crippen molar-refractivity contribution in [1.29, 1.82) is 0 Å². The Morgan fingerprint density at radius 1 is 1.21 bits per heavy atom. The van der Waals surface area contributed by atoms with Crippen LogP contribution < -0.4 is 14.9 Å². The monoisotopic (exact) mass is 379 g/mol. The van der Waals surface area contributed by atoms with Crippen molar-refractivity contribution in [1.82, 2.24) is 10.4 Å². The van der Waals surface area contributed by atoms with Gasteiger partial charge in [0.25, 0.3) is 5.91 Å². The first-order chi connectivity index (χ1) is 13.7. The van der Waals surface area contributed by atoms with Gasteiger partial charge in [-0.3, -0.25) is 9.78 Å². The van der Waals surface area contributed by atoms with Crippen LogP contribution in [0.2, 0.25) is 0 Å². The fraction of sp³-hybridized carbons (Fsp3) is 0.0952. The number of ether oxygens (including phenoxy) is 2. The number of amides is 1. The van der Waals surface area contributed by atoms with Gasteiger partial charge < -0.3 is 9.47 Å². The number of aromatic nitrogens is 1. The van der Waals surface area contributed by atoms with Crippen LogP contribution >= 0.6 is 0 Å². The van der Waals surface area contributed by atoms with Crippen LogP contribution in [0.5, 0.6) is 11.5 Å². The summed E-state index contributed by atoms with van der Waals surface area (Å²) in [6.45, 7) is 0.235. The van der Waals surface area contributed by atoms with Crippen LogP contribution in [0.1, 0.15) is 21.5 Å². The van der Waals surface area contributed by atoms with Gasteiger partial charge in [0.1, 0.15) is 23.9 Å². The maximum atomic E-state index is 13.0. The number of hydrogen-bond acceptors (Lipinski definition) is 5. The highest BCUT2D eigenvalue weighted by Crippen LogP contribution is 2.22. The molecule has 0 spiro atoms. The number of carbonyl (C=O) groups excluding carboxylic acids is 1. The molecule has 0 aliphatic heterocycles. The van der Waals surface area contributed by atoms with E-state index in [9.17, 15) is 9.18 Å². The van der Waals surface area contributed by atoms with Crippen LogP contribution in [0.25, 0.3) is 0 Å². The third-order valence-electron chi connectivity index (χ3n) is 3.82. The normalized spacial score (nSPS) is 10.6. The zero-order chi connectivity index (χ0) is 19.8. The van der Waals surface area contributed by atoms with Gasteiger partial charge in [-0.1, -0.05) is 0 Å². The fourth-order valence-electron chi connectivity index (χ4n) is 2.41. The summed E-state index contributed by atoms with van der Waals surface area (Å²) in [5.74, 6) is 0.527. The molecule has 0 saturated heterocycles. The minimum atomic E-state index is -0.349. The van der Waals surface area contributed by atoms with Crippen LogP contribution in [-0.4, -0.2) is 24.2 Å². The smallest absolute Gasteiger partial charge is 0.272 e. The molecule has 0 atom stereocenters. The predicted molar refractivity (Wildman–Crippen MR) is 103 cm³/mol. The standard InChI is InChI=1S/C21H18FN3O3/c1-27-20-9-4-15(12-24-25-21(26)16-3-2-10-23-13-16)11-17(20)14-28-19-7-5-18(22)6-8-19/h2-13H,14H2,1H3,(H,25,26)/b24-12-. The minimum absolute atomic E-state index is 0.235. The maximum absolute atomic E-state index is 13.0. The number of pyridine rings is 1. The lowest BCUT2D eigenvalue weighted by Gasteiger charge is -2.11. The third-order valence-corrected chi connectivity index (χ3v) is 3.82. The summed E-state index contributed by atoms with van der Waals surface area (Å²) in [5.41, 5.74) is 4.41. The number of nitrogens with one attached hydrogen (secondary N) is 1. The van der Waals surface area contributed by atoms with Gasteiger partial charge >= 0.3 is 0 Å². The molecule has 6 nitrogen and oxygen atoms in total. The lowest BCUT2D eigenvalue weighted by molar-refractivity contribution is 0.0954. The molecule has 1 aromatic heterocycles. The number of methoxy groups -OCH3 is 1. The van der Waals surface area contributed by atoms with Crippen LogP contribution in [0.15, 0.2) is 72.1 Å². The Morgan fingerprint density at radius 3 is 2.75 bits per heavy atom. The molecule has 28 heavy (non-hydrogen) atoms. The lowest BCUT2D eigenvalue weighted by atomic mass is 10.1. The van der Waals surface area contributed by atoms with Gasteiger partial charge in [0, 0.05) is 18.0 Å². The van der Waals surface area contributed by atoms with E-state index in [2.05, 4.69) is 15.5 Å². The average molecular weight is 379 g/mol. The Balaban J connectivity index is 1.66. The molecule has 0 bridgehead atoms. The summed E-state index contributed by atoms with van der Waals surface area (Å²) < 4.78 is 24.0. The van der Waals surface area contributed by atoms with Gasteiger partial charge in [0.05, 0.1) is 18.9 Å². The van der Waals surface area contributed by atoms with Crippen molar-refractivity contribution in [2.75, 3.05) is 7.11 Å². The van der Waals surface area contributed by atoms with E-state index in [4.69, 9.17) is 9.47 Å². The highest BCUT2D eigenvalue weighted by molar-refractivity contribution is 5.94. The van der Waals surface area contributed by atoms with Gasteiger partial charge in [-0.15, -0.1) is 0 Å². The number of hydrogen-bond donors (Lipinski definition) is 1. The van der Waals surface area contributed by atoms with Crippen LogP contribution in [0.3, 0.4) is 0 Å². The molecule has 3 rings (SSSR count). The van der Waals surface area contributed by atoms with Crippen molar-refractivity contribution in [2.24, 2.45) is 5.10 Å². The summed E-state index contributed by atoms with van der Waals surface area (Å²) >= 11 is 0. The second kappa shape index (κ2) is 9.27. The average Bonchev–Trinajstić information content (AvgIpc) is 2.74. The van der Waals surface area contributed by atoms with Crippen molar-refractivity contribution >= 4 is 12.1 Å². The van der Waals surface area contributed by atoms with E-state index in [1.807, 2.05) is 6.07 Å². The summed E-state index contributed by atoms with van der Waals surface area (Å²) in [6.07, 6.45) is 4.57. The SMILES string of the molecule is COc1ccc(/C=N\NC(=O)c2cccnc2)cc1COc1ccc(F)cc1. The summed E-state index contributed by atoms with van der Waals surface area (Å²) in [6, 6.07) is 14.5. The fourth-order valence-corrected chi connectivity index (χ4v) is 2.41. The molecule has 0 saturated carbocycles. The van der Waals surface area contributed by atoms with E-state index in [1.165, 1.54) is 24.5 Å². The number of benzene rings is 2. The molecule has 1 amide bonds. The van der Waals surface area contributed by atoms with E-state index < -0.39 is 0 Å². The molecule has 1 heterocycles. The lowest BCUT2D eigenvalue weighted by Crippen LogP contribution is -2.17. The molecule has 0 fully saturated rings. The molecule has 1 N–H and O–H groups in total. The van der Waals surface area contributed by atoms with Crippen LogP contribution in [-0.2, 0) is 6.61 Å². The van der Waals surface area contributed by atoms with Crippen molar-refractivity contribution < 1.29 is 18.7 Å². The summed E-state index contributed by atoms with van der Waals surface area (Å²) in [4.78, 5) is 15.8. The van der Waals surface area contributed by atoms with Gasteiger partial charge in [-0.2, -0.15) is 5.10 Å². The summed E-state index contributed by atoms with van der Waals surface area (Å²) in [7, 11) is 1.57. The van der Waals surface area contributed by atoms with Crippen molar-refractivity contribution in [2.45, 2.75) is 6.61 Å². The first kappa shape index (κ1) is 19.0. The second-order valence-electron chi connectivity index (χ2n) is 5.75. The van der Waals surface area contributed by atoms with Gasteiger partial charge in [-0.25, -0.2) is 9.82 Å². The zero-order valence-electron chi connectivity index (χ0n) is 15.1. The van der Waals surface area contributed by atoms with Crippen LogP contribution in [0.4, 0.5) is 4.39 Å². The van der Waals surface area contributed by atoms with Gasteiger partial charge in [0.15, 0.2) is 0 Å². The first-order valence-electron chi connectivity index (χ1n) is 8.44. The van der Waals surface area contributed by atoms with Crippen LogP contribution in [0, 0.1) is 5.82 Å². The number of carbonyl (C=O) groups is 1. The molecule has 0 aliphatic rings. The zero-order valence-corrected chi connectivity index (χ0v) is 15.1. The minimum Gasteiger partial charge on any atom is -0.496 e. The molecule has 0 unspecified atom stereocenters. The van der Waals surface area contributed by atoms with Crippen molar-refractivity contribution in [3.8, 4) is 11.5 Å². The third kappa shape index (κ3) is 5.14. The van der Waals surface area contributed by atoms with Crippen molar-refractivity contribution in [3.05, 3.63) is 89.5 Å². The van der Waals surface area contributed by atoms with Gasteiger partial charge in [0.2, 0.25) is 0 Å². The summed E-state index contributed by atoms with van der Waals surface area (Å²) in [5, 5.41) is 3.97. The second-order valence-corrected chi connectivity index (χ2v) is 5.75. The Labute approximate surface area is 161 Å². The Bertz CT molecular complexity index is 960. The highest BCUT2D eigenvalue weighted by atomic mass is 19.1.